The molecule has 1 saturated heterocycles. The van der Waals surface area contributed by atoms with Crippen molar-refractivity contribution in [1.29, 1.82) is 0 Å². The average Bonchev–Trinajstić information content (AvgIpc) is 3.02. The van der Waals surface area contributed by atoms with E-state index in [-0.39, 0.29) is 49.1 Å². The van der Waals surface area contributed by atoms with Gasteiger partial charge in [0.2, 0.25) is 37.7 Å². The van der Waals surface area contributed by atoms with Crippen molar-refractivity contribution in [3.8, 4) is 5.75 Å². The molecule has 0 saturated carbocycles. The third-order valence-electron chi connectivity index (χ3n) is 7.45. The summed E-state index contributed by atoms with van der Waals surface area (Å²) >= 11 is 0. The lowest BCUT2D eigenvalue weighted by Crippen LogP contribution is -2.61. The minimum absolute atomic E-state index is 0.0240. The van der Waals surface area contributed by atoms with Gasteiger partial charge in [0.05, 0.1) is 29.4 Å². The van der Waals surface area contributed by atoms with Crippen molar-refractivity contribution in [3.05, 3.63) is 23.8 Å². The largest absolute Gasteiger partial charge is 0.479 e. The summed E-state index contributed by atoms with van der Waals surface area (Å²) in [6.45, 7) is 9.65. The van der Waals surface area contributed by atoms with Gasteiger partial charge in [0.1, 0.15) is 30.7 Å². The molecular formula is C32H49BN4O13. The van der Waals surface area contributed by atoms with Gasteiger partial charge < -0.3 is 61.1 Å². The number of hydrogen-bond acceptors (Lipinski definition) is 13. The molecule has 2 rings (SSSR count). The molecule has 1 aromatic rings. The van der Waals surface area contributed by atoms with E-state index >= 15 is 0 Å². The molecular weight excluding hydrogens is 659 g/mol. The van der Waals surface area contributed by atoms with Gasteiger partial charge in [0, 0.05) is 19.5 Å². The minimum atomic E-state index is -1.94. The van der Waals surface area contributed by atoms with E-state index in [4.69, 9.17) is 32.5 Å². The molecule has 1 unspecified atom stereocenters. The van der Waals surface area contributed by atoms with E-state index in [0.717, 1.165) is 0 Å². The summed E-state index contributed by atoms with van der Waals surface area (Å²) in [7, 11) is 5.02. The first-order valence-corrected chi connectivity index (χ1v) is 16.1. The van der Waals surface area contributed by atoms with Crippen LogP contribution in [0.3, 0.4) is 0 Å². The van der Waals surface area contributed by atoms with Crippen molar-refractivity contribution >= 4 is 43.1 Å². The highest BCUT2D eigenvalue weighted by molar-refractivity contribution is 6.55. The Bertz CT molecular complexity index is 1340. The fourth-order valence-electron chi connectivity index (χ4n) is 4.46. The number of carbonyl (C=O) groups is 5. The molecule has 0 spiro atoms. The monoisotopic (exact) mass is 708 g/mol. The molecule has 9 N–H and O–H groups in total. The minimum Gasteiger partial charge on any atom is -0.479 e. The number of aliphatic hydroxyl groups excluding tert-OH is 3. The summed E-state index contributed by atoms with van der Waals surface area (Å²) < 4.78 is 21.2. The first-order chi connectivity index (χ1) is 23.2. The zero-order chi connectivity index (χ0) is 37.8. The summed E-state index contributed by atoms with van der Waals surface area (Å²) in [6.07, 6.45) is -8.14. The molecule has 1 heterocycles. The van der Waals surface area contributed by atoms with Gasteiger partial charge in [-0.1, -0.05) is 6.07 Å². The van der Waals surface area contributed by atoms with Gasteiger partial charge in [-0.05, 0) is 71.6 Å². The van der Waals surface area contributed by atoms with Crippen LogP contribution >= 0.6 is 0 Å². The maximum absolute atomic E-state index is 12.8. The molecule has 6 atom stereocenters. The highest BCUT2D eigenvalue weighted by atomic mass is 16.7. The van der Waals surface area contributed by atoms with Crippen LogP contribution in [-0.2, 0) is 40.0 Å². The van der Waals surface area contributed by atoms with Gasteiger partial charge in [0.25, 0.3) is 0 Å². The number of ether oxygens (including phenoxy) is 4. The number of anilines is 1. The Kier molecular flexibility index (Phi) is 16.1. The molecule has 278 valence electrons. The number of carboxylic acid groups (broad SMARTS) is 1. The normalized spacial score (nSPS) is 21.4. The van der Waals surface area contributed by atoms with Crippen molar-refractivity contribution in [2.75, 3.05) is 25.0 Å². The molecule has 1 fully saturated rings. The highest BCUT2D eigenvalue weighted by Gasteiger charge is 2.48. The number of hydrogen-bond donors (Lipinski definition) is 8. The van der Waals surface area contributed by atoms with E-state index in [1.54, 1.807) is 13.8 Å². The Labute approximate surface area is 291 Å². The highest BCUT2D eigenvalue weighted by Crippen LogP contribution is 2.31. The van der Waals surface area contributed by atoms with E-state index < -0.39 is 65.8 Å². The van der Waals surface area contributed by atoms with Crippen LogP contribution in [0.4, 0.5) is 10.5 Å². The molecule has 1 aromatic carbocycles. The quantitative estimate of drug-likeness (QED) is 0.0717. The van der Waals surface area contributed by atoms with E-state index in [9.17, 15) is 44.4 Å². The number of aliphatic carboxylic acids is 1. The zero-order valence-electron chi connectivity index (χ0n) is 29.0. The molecule has 3 amide bonds. The lowest BCUT2D eigenvalue weighted by Gasteiger charge is -2.38. The second-order valence-corrected chi connectivity index (χ2v) is 13.5. The molecule has 17 nitrogen and oxygen atoms in total. The van der Waals surface area contributed by atoms with Crippen LogP contribution in [0.5, 0.6) is 5.75 Å². The van der Waals surface area contributed by atoms with Gasteiger partial charge >= 0.3 is 5.97 Å². The molecule has 0 bridgehead atoms. The number of nitrogens with one attached hydrogen (secondary N) is 3. The third kappa shape index (κ3) is 13.8. The maximum Gasteiger partial charge on any atom is 0.335 e. The van der Waals surface area contributed by atoms with Gasteiger partial charge in [0.15, 0.2) is 6.10 Å². The maximum atomic E-state index is 12.8. The van der Waals surface area contributed by atoms with E-state index in [0.29, 0.717) is 31.4 Å². The van der Waals surface area contributed by atoms with Gasteiger partial charge in [-0.2, -0.15) is 0 Å². The summed E-state index contributed by atoms with van der Waals surface area (Å²) in [5.41, 5.74) is 5.26. The average molecular weight is 709 g/mol. The molecule has 18 heteroatoms. The standard InChI is InChI=1S/C32H49BN4O13/c1-31(2,3)48-16-32(4,5)29(45)36-12-7-6-8-18(34)26(42)35-13-11-21(38)37-19-14-17(15-47-30(33)46)9-10-20(19)49-28-24(41)22(39)23(40)25(50-28)27(43)44/h9-10,14,18,22-25,28,39-41H,6-8,11-13,15-16,34H2,1-5H3,(H,35,42)(H,36,45)(H,37,38)(H,43,44)/t18?,22-,23-,24+,25-,28+/m0/s1. The van der Waals surface area contributed by atoms with Crippen LogP contribution in [0.2, 0.25) is 0 Å². The van der Waals surface area contributed by atoms with E-state index in [1.165, 1.54) is 18.2 Å². The lowest BCUT2D eigenvalue weighted by atomic mass is 9.93. The van der Waals surface area contributed by atoms with Crippen molar-refractivity contribution < 1.29 is 63.3 Å². The molecule has 0 aromatic heterocycles. The fraction of sp³-hybridized carbons (Fsp3) is 0.656. The molecule has 2 radical (unpaired) electrons. The fourth-order valence-corrected chi connectivity index (χ4v) is 4.46. The zero-order valence-corrected chi connectivity index (χ0v) is 29.0. The smallest absolute Gasteiger partial charge is 0.335 e. The summed E-state index contributed by atoms with van der Waals surface area (Å²) in [6, 6.07) is 3.22. The summed E-state index contributed by atoms with van der Waals surface area (Å²) in [4.78, 5) is 60.4. The molecule has 1 aliphatic rings. The molecule has 50 heavy (non-hydrogen) atoms. The number of rotatable bonds is 18. The lowest BCUT2D eigenvalue weighted by molar-refractivity contribution is -0.271. The number of nitrogens with two attached hydrogens (primary N) is 1. The Balaban J connectivity index is 1.89. The number of amides is 3. The predicted molar refractivity (Wildman–Crippen MR) is 178 cm³/mol. The number of carbonyl (C=O) groups excluding carboxylic acids is 4. The summed E-state index contributed by atoms with van der Waals surface area (Å²) in [5, 5.41) is 47.7. The van der Waals surface area contributed by atoms with Crippen LogP contribution in [0, 0.1) is 5.41 Å². The third-order valence-corrected chi connectivity index (χ3v) is 7.45. The predicted octanol–water partition coefficient (Wildman–Crippen LogP) is -0.337. The van der Waals surface area contributed by atoms with Gasteiger partial charge in [-0.15, -0.1) is 0 Å². The van der Waals surface area contributed by atoms with Crippen LogP contribution in [0.25, 0.3) is 0 Å². The summed E-state index contributed by atoms with van der Waals surface area (Å²) in [5.74, 6) is -4.03. The van der Waals surface area contributed by atoms with Crippen molar-refractivity contribution in [2.45, 2.75) is 109 Å². The van der Waals surface area contributed by atoms with Gasteiger partial charge in [-0.25, -0.2) is 4.79 Å². The first-order valence-electron chi connectivity index (χ1n) is 16.1. The number of unbranched alkanes of at least 4 members (excludes halogenated alkanes) is 1. The molecule has 1 aliphatic heterocycles. The first kappa shape index (κ1) is 42.4. The Hall–Kier alpha value is -3.81. The van der Waals surface area contributed by atoms with Crippen LogP contribution in [0.1, 0.15) is 65.9 Å². The topological polar surface area (TPSA) is 265 Å². The van der Waals surface area contributed by atoms with Crippen LogP contribution < -0.4 is 26.4 Å². The van der Waals surface area contributed by atoms with Crippen LogP contribution in [-0.4, -0.2) is 120 Å². The second kappa shape index (κ2) is 19.0. The number of benzene rings is 1. The Morgan fingerprint density at radius 3 is 2.28 bits per heavy atom. The van der Waals surface area contributed by atoms with Gasteiger partial charge in [-0.3, -0.25) is 19.2 Å². The van der Waals surface area contributed by atoms with Crippen molar-refractivity contribution in [2.24, 2.45) is 11.1 Å². The molecule has 0 aliphatic carbocycles. The SMILES string of the molecule is [B]C(=O)OCc1ccc(O[C@@H]2O[C@H](C(=O)O)[C@@H](O)[C@H](O)[C@H]2O)c(NC(=O)CCNC(=O)C(N)CCCCNC(=O)C(C)(C)COC(C)(C)C)c1. The van der Waals surface area contributed by atoms with Crippen LogP contribution in [0.15, 0.2) is 18.2 Å². The van der Waals surface area contributed by atoms with Crippen molar-refractivity contribution in [3.63, 3.8) is 0 Å². The van der Waals surface area contributed by atoms with E-state index in [2.05, 4.69) is 16.0 Å². The second-order valence-electron chi connectivity index (χ2n) is 13.5. The number of carboxylic acids is 1. The Morgan fingerprint density at radius 1 is 0.980 bits per heavy atom. The van der Waals surface area contributed by atoms with E-state index in [1.807, 2.05) is 20.8 Å². The number of aliphatic hydroxyl groups is 3. The van der Waals surface area contributed by atoms with Crippen molar-refractivity contribution in [1.82, 2.24) is 10.6 Å². The Morgan fingerprint density at radius 2 is 1.66 bits per heavy atom.